The number of rotatable bonds is 9. The molecule has 0 bridgehead atoms. The van der Waals surface area contributed by atoms with E-state index in [0.717, 1.165) is 43.6 Å². The molecule has 0 spiro atoms. The summed E-state index contributed by atoms with van der Waals surface area (Å²) in [7, 11) is -3.96. The van der Waals surface area contributed by atoms with Crippen LogP contribution in [-0.2, 0) is 27.7 Å². The Hall–Kier alpha value is -3.16. The molecule has 0 aliphatic carbocycles. The lowest BCUT2D eigenvalue weighted by atomic mass is 9.90. The second-order valence-corrected chi connectivity index (χ2v) is 10.5. The molecule has 2 N–H and O–H groups in total. The molecule has 0 amide bonds. The molecule has 1 saturated heterocycles. The number of carboxylic acid groups (broad SMARTS) is 1. The number of hydrogen-bond donors (Lipinski definition) is 2. The van der Waals surface area contributed by atoms with Crippen LogP contribution >= 0.6 is 0 Å². The van der Waals surface area contributed by atoms with Crippen molar-refractivity contribution < 1.29 is 18.3 Å². The third kappa shape index (κ3) is 6.24. The van der Waals surface area contributed by atoms with Crippen LogP contribution in [0.1, 0.15) is 24.0 Å². The summed E-state index contributed by atoms with van der Waals surface area (Å²) in [5.41, 5.74) is 3.11. The van der Waals surface area contributed by atoms with Crippen LogP contribution in [0.2, 0.25) is 0 Å². The Bertz CT molecular complexity index is 1170. The molecule has 34 heavy (non-hydrogen) atoms. The Balaban J connectivity index is 1.36. The zero-order valence-electron chi connectivity index (χ0n) is 19.0. The number of nitrogens with one attached hydrogen (secondary N) is 1. The highest BCUT2D eigenvalue weighted by atomic mass is 32.2. The maximum atomic E-state index is 12.9. The number of piperidine rings is 1. The monoisotopic (exact) mass is 478 g/mol. The highest BCUT2D eigenvalue weighted by Crippen LogP contribution is 2.26. The summed E-state index contributed by atoms with van der Waals surface area (Å²) in [6, 6.07) is 25.0. The van der Waals surface area contributed by atoms with E-state index in [4.69, 9.17) is 0 Å². The molecule has 4 rings (SSSR count). The lowest BCUT2D eigenvalue weighted by Crippen LogP contribution is -2.42. The minimum atomic E-state index is -3.96. The van der Waals surface area contributed by atoms with Crippen LogP contribution in [-0.4, -0.2) is 38.6 Å². The SMILES string of the molecule is O=C(O)[C@H](Cc1ccccc1)NS(=O)(=O)c1ccc(N2CCC(Cc3ccccc3)CC2)cc1. The molecule has 1 atom stereocenters. The van der Waals surface area contributed by atoms with E-state index in [1.54, 1.807) is 48.5 Å². The van der Waals surface area contributed by atoms with E-state index >= 15 is 0 Å². The van der Waals surface area contributed by atoms with Gasteiger partial charge in [-0.25, -0.2) is 8.42 Å². The van der Waals surface area contributed by atoms with E-state index < -0.39 is 22.0 Å². The standard InChI is InChI=1S/C27H30N2O4S/c30-27(31)26(20-22-9-5-2-6-10-22)28-34(32,33)25-13-11-24(12-14-25)29-17-15-23(16-18-29)19-21-7-3-1-4-8-21/h1-14,23,26,28H,15-20H2,(H,30,31)/t26-/m0/s1. The van der Waals surface area contributed by atoms with Gasteiger partial charge in [0.05, 0.1) is 4.90 Å². The molecule has 0 aromatic heterocycles. The van der Waals surface area contributed by atoms with Crippen LogP contribution in [0.15, 0.2) is 89.8 Å². The second-order valence-electron chi connectivity index (χ2n) is 8.82. The van der Waals surface area contributed by atoms with Crippen molar-refractivity contribution in [3.05, 3.63) is 96.1 Å². The molecule has 0 radical (unpaired) electrons. The highest BCUT2D eigenvalue weighted by molar-refractivity contribution is 7.89. The van der Waals surface area contributed by atoms with Crippen molar-refractivity contribution in [2.24, 2.45) is 5.92 Å². The highest BCUT2D eigenvalue weighted by Gasteiger charge is 2.26. The molecule has 7 heteroatoms. The van der Waals surface area contributed by atoms with Crippen LogP contribution in [0.3, 0.4) is 0 Å². The average molecular weight is 479 g/mol. The molecular weight excluding hydrogens is 448 g/mol. The average Bonchev–Trinajstić information content (AvgIpc) is 2.85. The number of carboxylic acids is 1. The number of hydrogen-bond acceptors (Lipinski definition) is 4. The molecule has 1 aliphatic heterocycles. The van der Waals surface area contributed by atoms with Crippen molar-refractivity contribution >= 4 is 21.7 Å². The minimum Gasteiger partial charge on any atom is -0.480 e. The van der Waals surface area contributed by atoms with Crippen LogP contribution in [0, 0.1) is 5.92 Å². The smallest absolute Gasteiger partial charge is 0.322 e. The molecule has 3 aromatic rings. The van der Waals surface area contributed by atoms with Gasteiger partial charge < -0.3 is 10.0 Å². The van der Waals surface area contributed by atoms with Gasteiger partial charge in [0.1, 0.15) is 6.04 Å². The van der Waals surface area contributed by atoms with Crippen molar-refractivity contribution in [1.82, 2.24) is 4.72 Å². The maximum Gasteiger partial charge on any atom is 0.322 e. The quantitative estimate of drug-likeness (QED) is 0.483. The van der Waals surface area contributed by atoms with Crippen molar-refractivity contribution in [1.29, 1.82) is 0 Å². The van der Waals surface area contributed by atoms with Gasteiger partial charge in [-0.05, 0) is 67.0 Å². The maximum absolute atomic E-state index is 12.9. The summed E-state index contributed by atoms with van der Waals surface area (Å²) >= 11 is 0. The first kappa shape index (κ1) is 24.0. The van der Waals surface area contributed by atoms with Gasteiger partial charge in [0, 0.05) is 18.8 Å². The lowest BCUT2D eigenvalue weighted by Gasteiger charge is -2.33. The number of anilines is 1. The van der Waals surface area contributed by atoms with E-state index in [2.05, 4.69) is 33.9 Å². The van der Waals surface area contributed by atoms with Gasteiger partial charge in [-0.3, -0.25) is 4.79 Å². The molecular formula is C27H30N2O4S. The fourth-order valence-electron chi connectivity index (χ4n) is 4.46. The Kier molecular flexibility index (Phi) is 7.65. The van der Waals surface area contributed by atoms with Gasteiger partial charge >= 0.3 is 5.97 Å². The molecule has 0 saturated carbocycles. The van der Waals surface area contributed by atoms with Gasteiger partial charge in [-0.15, -0.1) is 0 Å². The second kappa shape index (κ2) is 10.8. The van der Waals surface area contributed by atoms with Gasteiger partial charge in [-0.2, -0.15) is 4.72 Å². The van der Waals surface area contributed by atoms with Gasteiger partial charge in [0.2, 0.25) is 10.0 Å². The Labute approximate surface area is 201 Å². The van der Waals surface area contributed by atoms with E-state index in [0.29, 0.717) is 5.92 Å². The predicted octanol–water partition coefficient (Wildman–Crippen LogP) is 4.12. The van der Waals surface area contributed by atoms with E-state index in [1.165, 1.54) is 5.56 Å². The normalized spacial score (nSPS) is 15.7. The van der Waals surface area contributed by atoms with Crippen molar-refractivity contribution in [3.8, 4) is 0 Å². The lowest BCUT2D eigenvalue weighted by molar-refractivity contribution is -0.138. The van der Waals surface area contributed by atoms with Gasteiger partial charge in [0.25, 0.3) is 0 Å². The minimum absolute atomic E-state index is 0.0644. The first-order chi connectivity index (χ1) is 16.4. The van der Waals surface area contributed by atoms with E-state index in [-0.39, 0.29) is 11.3 Å². The van der Waals surface area contributed by atoms with Crippen LogP contribution in [0.25, 0.3) is 0 Å². The topological polar surface area (TPSA) is 86.7 Å². The fourth-order valence-corrected chi connectivity index (χ4v) is 5.65. The Morgan fingerprint density at radius 1 is 0.882 bits per heavy atom. The molecule has 1 heterocycles. The Morgan fingerprint density at radius 3 is 2.00 bits per heavy atom. The zero-order valence-corrected chi connectivity index (χ0v) is 19.8. The molecule has 6 nitrogen and oxygen atoms in total. The summed E-state index contributed by atoms with van der Waals surface area (Å²) in [6.07, 6.45) is 3.35. The van der Waals surface area contributed by atoms with Gasteiger partial charge in [-0.1, -0.05) is 60.7 Å². The zero-order chi connectivity index (χ0) is 24.0. The number of benzene rings is 3. The Morgan fingerprint density at radius 2 is 1.44 bits per heavy atom. The van der Waals surface area contributed by atoms with Crippen LogP contribution < -0.4 is 9.62 Å². The third-order valence-electron chi connectivity index (χ3n) is 6.37. The number of nitrogens with zero attached hydrogens (tertiary/aromatic N) is 1. The summed E-state index contributed by atoms with van der Waals surface area (Å²) < 4.78 is 28.1. The number of sulfonamides is 1. The van der Waals surface area contributed by atoms with E-state index in [9.17, 15) is 18.3 Å². The molecule has 3 aromatic carbocycles. The largest absolute Gasteiger partial charge is 0.480 e. The first-order valence-electron chi connectivity index (χ1n) is 11.6. The number of carbonyl (C=O) groups is 1. The van der Waals surface area contributed by atoms with Gasteiger partial charge in [0.15, 0.2) is 0 Å². The van der Waals surface area contributed by atoms with Crippen molar-refractivity contribution in [2.45, 2.75) is 36.6 Å². The summed E-state index contributed by atoms with van der Waals surface area (Å²) in [5, 5.41) is 9.54. The fraction of sp³-hybridized carbons (Fsp3) is 0.296. The van der Waals surface area contributed by atoms with Crippen molar-refractivity contribution in [2.75, 3.05) is 18.0 Å². The van der Waals surface area contributed by atoms with Crippen LogP contribution in [0.5, 0.6) is 0 Å². The van der Waals surface area contributed by atoms with Crippen molar-refractivity contribution in [3.63, 3.8) is 0 Å². The van der Waals surface area contributed by atoms with Crippen LogP contribution in [0.4, 0.5) is 5.69 Å². The first-order valence-corrected chi connectivity index (χ1v) is 13.1. The summed E-state index contributed by atoms with van der Waals surface area (Å²) in [4.78, 5) is 14.0. The molecule has 178 valence electrons. The molecule has 1 fully saturated rings. The summed E-state index contributed by atoms with van der Waals surface area (Å²) in [6.45, 7) is 1.86. The molecule has 1 aliphatic rings. The van der Waals surface area contributed by atoms with E-state index in [1.807, 2.05) is 12.1 Å². The third-order valence-corrected chi connectivity index (χ3v) is 7.86. The predicted molar refractivity (Wildman–Crippen MR) is 133 cm³/mol. The number of aliphatic carboxylic acids is 1. The summed E-state index contributed by atoms with van der Waals surface area (Å²) in [5.74, 6) is -0.553. The molecule has 0 unspecified atom stereocenters.